The molecule has 33 heavy (non-hydrogen) atoms. The monoisotopic (exact) mass is 442 g/mol. The second-order valence-corrected chi connectivity index (χ2v) is 9.26. The van der Waals surface area contributed by atoms with Gasteiger partial charge in [-0.15, -0.1) is 0 Å². The van der Waals surface area contributed by atoms with Gasteiger partial charge < -0.3 is 4.74 Å². The SMILES string of the molecule is CCc1cccc2cccc(-c3ncc4cnc(OCC56CCCN5CCC6)nc4c3F)c12. The number of hydrogen-bond acceptors (Lipinski definition) is 5. The zero-order chi connectivity index (χ0) is 22.4. The standard InChI is InChI=1S/C27H27FN4O/c1-2-18-7-3-8-19-9-4-10-21(22(18)19)25-23(28)24-20(15-29-25)16-30-26(31-24)33-17-27-11-5-13-32(27)14-6-12-27/h3-4,7-10,15-16H,2,5-6,11-14,17H2,1H3. The van der Waals surface area contributed by atoms with Crippen LogP contribution in [-0.4, -0.2) is 45.1 Å². The summed E-state index contributed by atoms with van der Waals surface area (Å²) in [5.74, 6) is -0.431. The Kier molecular flexibility index (Phi) is 4.98. The highest BCUT2D eigenvalue weighted by molar-refractivity contribution is 5.99. The first-order valence-electron chi connectivity index (χ1n) is 11.9. The molecule has 0 saturated carbocycles. The van der Waals surface area contributed by atoms with Crippen LogP contribution in [0.15, 0.2) is 48.8 Å². The van der Waals surface area contributed by atoms with E-state index in [0.717, 1.165) is 48.7 Å². The van der Waals surface area contributed by atoms with E-state index in [1.54, 1.807) is 12.4 Å². The largest absolute Gasteiger partial charge is 0.461 e. The Morgan fingerprint density at radius 1 is 1.00 bits per heavy atom. The number of aryl methyl sites for hydroxylation is 1. The van der Waals surface area contributed by atoms with Crippen molar-refractivity contribution in [1.82, 2.24) is 19.9 Å². The number of benzene rings is 2. The summed E-state index contributed by atoms with van der Waals surface area (Å²) >= 11 is 0. The van der Waals surface area contributed by atoms with Gasteiger partial charge in [-0.1, -0.05) is 43.3 Å². The number of fused-ring (bicyclic) bond motifs is 3. The molecule has 4 aromatic rings. The maximum absolute atomic E-state index is 15.8. The van der Waals surface area contributed by atoms with Gasteiger partial charge >= 0.3 is 6.01 Å². The van der Waals surface area contributed by atoms with Crippen LogP contribution in [-0.2, 0) is 6.42 Å². The fourth-order valence-electron chi connectivity index (χ4n) is 5.78. The molecule has 2 aromatic heterocycles. The van der Waals surface area contributed by atoms with E-state index in [0.29, 0.717) is 17.7 Å². The maximum Gasteiger partial charge on any atom is 0.317 e. The van der Waals surface area contributed by atoms with Gasteiger partial charge in [0.2, 0.25) is 0 Å². The van der Waals surface area contributed by atoms with Crippen LogP contribution < -0.4 is 4.74 Å². The Bertz CT molecular complexity index is 1340. The molecule has 6 rings (SSSR count). The van der Waals surface area contributed by atoms with Crippen molar-refractivity contribution in [3.8, 4) is 17.3 Å². The van der Waals surface area contributed by atoms with E-state index >= 15 is 4.39 Å². The number of hydrogen-bond donors (Lipinski definition) is 0. The smallest absolute Gasteiger partial charge is 0.317 e. The molecule has 0 spiro atoms. The summed E-state index contributed by atoms with van der Waals surface area (Å²) in [6.07, 6.45) is 8.82. The van der Waals surface area contributed by atoms with Gasteiger partial charge in [0.05, 0.1) is 5.54 Å². The fraction of sp³-hybridized carbons (Fsp3) is 0.370. The molecule has 168 valence electrons. The van der Waals surface area contributed by atoms with Crippen LogP contribution in [0.1, 0.15) is 38.2 Å². The van der Waals surface area contributed by atoms with Crippen LogP contribution in [0.2, 0.25) is 0 Å². The molecule has 2 saturated heterocycles. The third kappa shape index (κ3) is 3.35. The predicted octanol–water partition coefficient (Wildman–Crippen LogP) is 5.55. The molecule has 4 heterocycles. The van der Waals surface area contributed by atoms with Crippen LogP contribution in [0.5, 0.6) is 6.01 Å². The molecule has 2 aromatic carbocycles. The quantitative estimate of drug-likeness (QED) is 0.405. The van der Waals surface area contributed by atoms with Crippen molar-refractivity contribution in [2.45, 2.75) is 44.6 Å². The van der Waals surface area contributed by atoms with E-state index in [9.17, 15) is 0 Å². The summed E-state index contributed by atoms with van der Waals surface area (Å²) in [6, 6.07) is 12.4. The van der Waals surface area contributed by atoms with E-state index < -0.39 is 5.82 Å². The first kappa shape index (κ1) is 20.5. The Morgan fingerprint density at radius 3 is 2.55 bits per heavy atom. The van der Waals surface area contributed by atoms with Gasteiger partial charge in [-0.2, -0.15) is 4.98 Å². The highest BCUT2D eigenvalue weighted by Gasteiger charge is 2.45. The minimum atomic E-state index is -0.431. The fourth-order valence-corrected chi connectivity index (χ4v) is 5.78. The number of ether oxygens (including phenoxy) is 1. The second kappa shape index (κ2) is 8.03. The lowest BCUT2D eigenvalue weighted by atomic mass is 9.95. The normalized spacial score (nSPS) is 17.6. The third-order valence-electron chi connectivity index (χ3n) is 7.45. The van der Waals surface area contributed by atoms with Crippen molar-refractivity contribution >= 4 is 21.7 Å². The highest BCUT2D eigenvalue weighted by Crippen LogP contribution is 2.39. The lowest BCUT2D eigenvalue weighted by Crippen LogP contribution is -2.43. The Morgan fingerprint density at radius 2 is 1.76 bits per heavy atom. The summed E-state index contributed by atoms with van der Waals surface area (Å²) in [5, 5.41) is 2.69. The zero-order valence-electron chi connectivity index (χ0n) is 18.9. The average molecular weight is 443 g/mol. The molecule has 0 atom stereocenters. The van der Waals surface area contributed by atoms with Crippen LogP contribution >= 0.6 is 0 Å². The molecular weight excluding hydrogens is 415 g/mol. The van der Waals surface area contributed by atoms with E-state index in [4.69, 9.17) is 4.74 Å². The van der Waals surface area contributed by atoms with E-state index in [1.807, 2.05) is 18.2 Å². The van der Waals surface area contributed by atoms with Crippen LogP contribution in [0.25, 0.3) is 32.9 Å². The van der Waals surface area contributed by atoms with Crippen molar-refractivity contribution in [2.24, 2.45) is 0 Å². The van der Waals surface area contributed by atoms with Gasteiger partial charge in [0, 0.05) is 23.3 Å². The number of nitrogens with zero attached hydrogens (tertiary/aromatic N) is 4. The van der Waals surface area contributed by atoms with Gasteiger partial charge in [-0.05, 0) is 61.5 Å². The molecular formula is C27H27FN4O. The molecule has 2 aliphatic rings. The molecule has 0 amide bonds. The van der Waals surface area contributed by atoms with Crippen LogP contribution in [0.3, 0.4) is 0 Å². The third-order valence-corrected chi connectivity index (χ3v) is 7.45. The van der Waals surface area contributed by atoms with Crippen molar-refractivity contribution in [1.29, 1.82) is 0 Å². The van der Waals surface area contributed by atoms with Gasteiger partial charge in [0.25, 0.3) is 0 Å². The van der Waals surface area contributed by atoms with Crippen molar-refractivity contribution in [3.63, 3.8) is 0 Å². The van der Waals surface area contributed by atoms with Gasteiger partial charge in [-0.3, -0.25) is 9.88 Å². The first-order valence-corrected chi connectivity index (χ1v) is 11.9. The summed E-state index contributed by atoms with van der Waals surface area (Å²) < 4.78 is 21.9. The summed E-state index contributed by atoms with van der Waals surface area (Å²) in [7, 11) is 0. The lowest BCUT2D eigenvalue weighted by Gasteiger charge is -2.31. The van der Waals surface area contributed by atoms with Gasteiger partial charge in [0.1, 0.15) is 17.8 Å². The Balaban J connectivity index is 1.39. The summed E-state index contributed by atoms with van der Waals surface area (Å²) in [6.45, 7) is 4.94. The van der Waals surface area contributed by atoms with Crippen molar-refractivity contribution in [3.05, 3.63) is 60.2 Å². The Labute approximate surface area is 192 Å². The number of pyridine rings is 1. The van der Waals surface area contributed by atoms with Gasteiger partial charge in [0.15, 0.2) is 5.82 Å². The molecule has 2 aliphatic heterocycles. The van der Waals surface area contributed by atoms with Gasteiger partial charge in [-0.25, -0.2) is 9.37 Å². The predicted molar refractivity (Wildman–Crippen MR) is 128 cm³/mol. The maximum atomic E-state index is 15.8. The summed E-state index contributed by atoms with van der Waals surface area (Å²) in [5.41, 5.74) is 2.63. The zero-order valence-corrected chi connectivity index (χ0v) is 18.9. The lowest BCUT2D eigenvalue weighted by molar-refractivity contribution is 0.108. The molecule has 0 N–H and O–H groups in total. The molecule has 0 bridgehead atoms. The number of rotatable bonds is 5. The molecule has 0 radical (unpaired) electrons. The first-order chi connectivity index (χ1) is 16.2. The van der Waals surface area contributed by atoms with Crippen LogP contribution in [0.4, 0.5) is 4.39 Å². The second-order valence-electron chi connectivity index (χ2n) is 9.26. The minimum absolute atomic E-state index is 0.0970. The minimum Gasteiger partial charge on any atom is -0.461 e. The van der Waals surface area contributed by atoms with E-state index in [1.165, 1.54) is 18.4 Å². The summed E-state index contributed by atoms with van der Waals surface area (Å²) in [4.78, 5) is 15.8. The highest BCUT2D eigenvalue weighted by atomic mass is 19.1. The van der Waals surface area contributed by atoms with Crippen molar-refractivity contribution in [2.75, 3.05) is 19.7 Å². The topological polar surface area (TPSA) is 51.1 Å². The van der Waals surface area contributed by atoms with Crippen molar-refractivity contribution < 1.29 is 9.13 Å². The molecule has 5 nitrogen and oxygen atoms in total. The van der Waals surface area contributed by atoms with E-state index in [-0.39, 0.29) is 17.1 Å². The number of aromatic nitrogens is 3. The molecule has 0 unspecified atom stereocenters. The molecule has 2 fully saturated rings. The number of halogens is 1. The van der Waals surface area contributed by atoms with Crippen LogP contribution in [0, 0.1) is 5.82 Å². The average Bonchev–Trinajstić information content (AvgIpc) is 3.43. The van der Waals surface area contributed by atoms with E-state index in [2.05, 4.69) is 45.0 Å². The molecule has 6 heteroatoms. The Hall–Kier alpha value is -3.12. The molecule has 0 aliphatic carbocycles.